The molecule has 0 aromatic carbocycles. The molecule has 0 aliphatic rings. The summed E-state index contributed by atoms with van der Waals surface area (Å²) in [6.45, 7) is 5.86. The van der Waals surface area contributed by atoms with Gasteiger partial charge >= 0.3 is 0 Å². The number of furan rings is 1. The van der Waals surface area contributed by atoms with E-state index in [1.54, 1.807) is 26.0 Å². The van der Waals surface area contributed by atoms with Crippen molar-refractivity contribution in [3.63, 3.8) is 0 Å². The molecule has 0 aliphatic heterocycles. The average molecular weight is 278 g/mol. The van der Waals surface area contributed by atoms with E-state index in [1.807, 2.05) is 6.92 Å². The second kappa shape index (κ2) is 5.50. The highest BCUT2D eigenvalue weighted by atomic mass is 16.5. The van der Waals surface area contributed by atoms with E-state index >= 15 is 0 Å². The Labute approximate surface area is 117 Å². The molecule has 6 heteroatoms. The molecule has 20 heavy (non-hydrogen) atoms. The zero-order valence-electron chi connectivity index (χ0n) is 11.8. The Morgan fingerprint density at radius 1 is 1.45 bits per heavy atom. The van der Waals surface area contributed by atoms with Gasteiger partial charge in [-0.25, -0.2) is 0 Å². The SMILES string of the molecule is CCN(CC(C)(C)O)C(=O)c1cc(-c2ccco2)on1. The molecule has 0 saturated heterocycles. The van der Waals surface area contributed by atoms with Gasteiger partial charge in [-0.15, -0.1) is 0 Å². The van der Waals surface area contributed by atoms with Crippen molar-refractivity contribution < 1.29 is 18.8 Å². The first-order valence-corrected chi connectivity index (χ1v) is 6.43. The smallest absolute Gasteiger partial charge is 0.276 e. The van der Waals surface area contributed by atoms with E-state index in [1.165, 1.54) is 17.2 Å². The molecule has 0 atom stereocenters. The van der Waals surface area contributed by atoms with Gasteiger partial charge in [-0.05, 0) is 32.9 Å². The van der Waals surface area contributed by atoms with Crippen LogP contribution in [0.3, 0.4) is 0 Å². The molecule has 2 rings (SSSR count). The third-order valence-electron chi connectivity index (χ3n) is 2.74. The fourth-order valence-electron chi connectivity index (χ4n) is 1.87. The van der Waals surface area contributed by atoms with Gasteiger partial charge in [0.05, 0.1) is 11.9 Å². The van der Waals surface area contributed by atoms with E-state index < -0.39 is 5.60 Å². The normalized spacial score (nSPS) is 11.6. The molecule has 0 saturated carbocycles. The molecule has 2 heterocycles. The van der Waals surface area contributed by atoms with Gasteiger partial charge in [-0.3, -0.25) is 4.79 Å². The summed E-state index contributed by atoms with van der Waals surface area (Å²) >= 11 is 0. The van der Waals surface area contributed by atoms with Crippen LogP contribution >= 0.6 is 0 Å². The lowest BCUT2D eigenvalue weighted by Crippen LogP contribution is -2.42. The lowest BCUT2D eigenvalue weighted by atomic mass is 10.1. The van der Waals surface area contributed by atoms with E-state index in [0.29, 0.717) is 18.1 Å². The number of hydrogen-bond donors (Lipinski definition) is 1. The van der Waals surface area contributed by atoms with Crippen LogP contribution in [0.2, 0.25) is 0 Å². The Hall–Kier alpha value is -2.08. The maximum Gasteiger partial charge on any atom is 0.276 e. The first-order chi connectivity index (χ1) is 9.40. The van der Waals surface area contributed by atoms with Crippen LogP contribution in [0.25, 0.3) is 11.5 Å². The quantitative estimate of drug-likeness (QED) is 0.906. The molecule has 2 aromatic heterocycles. The van der Waals surface area contributed by atoms with E-state index in [4.69, 9.17) is 8.94 Å². The topological polar surface area (TPSA) is 79.7 Å². The van der Waals surface area contributed by atoms with Gasteiger partial charge < -0.3 is 18.9 Å². The van der Waals surface area contributed by atoms with Crippen LogP contribution in [0, 0.1) is 0 Å². The molecule has 0 aliphatic carbocycles. The minimum atomic E-state index is -0.959. The minimum absolute atomic E-state index is 0.197. The number of aliphatic hydroxyl groups is 1. The zero-order chi connectivity index (χ0) is 14.8. The predicted octanol–water partition coefficient (Wildman–Crippen LogP) is 2.17. The molecule has 1 N–H and O–H groups in total. The molecule has 1 amide bonds. The number of nitrogens with zero attached hydrogens (tertiary/aromatic N) is 2. The number of rotatable bonds is 5. The molecule has 108 valence electrons. The maximum atomic E-state index is 12.3. The van der Waals surface area contributed by atoms with Gasteiger partial charge in [-0.1, -0.05) is 5.16 Å². The largest absolute Gasteiger partial charge is 0.461 e. The fourth-order valence-corrected chi connectivity index (χ4v) is 1.87. The number of amides is 1. The number of aromatic nitrogens is 1. The van der Waals surface area contributed by atoms with Crippen LogP contribution in [-0.2, 0) is 0 Å². The van der Waals surface area contributed by atoms with Crippen molar-refractivity contribution in [3.05, 3.63) is 30.2 Å². The van der Waals surface area contributed by atoms with Crippen molar-refractivity contribution in [2.24, 2.45) is 0 Å². The first kappa shape index (κ1) is 14.3. The summed E-state index contributed by atoms with van der Waals surface area (Å²) in [5, 5.41) is 13.6. The van der Waals surface area contributed by atoms with Crippen LogP contribution < -0.4 is 0 Å². The van der Waals surface area contributed by atoms with Gasteiger partial charge in [0.15, 0.2) is 11.5 Å². The highest BCUT2D eigenvalue weighted by molar-refractivity contribution is 5.93. The molecule has 2 aromatic rings. The third-order valence-corrected chi connectivity index (χ3v) is 2.74. The number of hydrogen-bond acceptors (Lipinski definition) is 5. The Balaban J connectivity index is 2.16. The minimum Gasteiger partial charge on any atom is -0.461 e. The zero-order valence-corrected chi connectivity index (χ0v) is 11.8. The van der Waals surface area contributed by atoms with Crippen LogP contribution in [0.5, 0.6) is 0 Å². The summed E-state index contributed by atoms with van der Waals surface area (Å²) in [7, 11) is 0. The second-order valence-corrected chi connectivity index (χ2v) is 5.19. The number of likely N-dealkylation sites (N-methyl/N-ethyl adjacent to an activating group) is 1. The van der Waals surface area contributed by atoms with Crippen molar-refractivity contribution >= 4 is 5.91 Å². The van der Waals surface area contributed by atoms with E-state index in [9.17, 15) is 9.90 Å². The van der Waals surface area contributed by atoms with Crippen molar-refractivity contribution in [2.75, 3.05) is 13.1 Å². The fraction of sp³-hybridized carbons (Fsp3) is 0.429. The Bertz CT molecular complexity index is 566. The van der Waals surface area contributed by atoms with Crippen molar-refractivity contribution in [3.8, 4) is 11.5 Å². The van der Waals surface area contributed by atoms with Gasteiger partial charge in [0.2, 0.25) is 5.76 Å². The van der Waals surface area contributed by atoms with Crippen molar-refractivity contribution in [1.82, 2.24) is 10.1 Å². The highest BCUT2D eigenvalue weighted by Crippen LogP contribution is 2.21. The van der Waals surface area contributed by atoms with Gasteiger partial charge in [0, 0.05) is 19.2 Å². The molecule has 0 fully saturated rings. The predicted molar refractivity (Wildman–Crippen MR) is 72.1 cm³/mol. The third kappa shape index (κ3) is 3.27. The molecule has 0 radical (unpaired) electrons. The summed E-state index contributed by atoms with van der Waals surface area (Å²) in [6.07, 6.45) is 1.52. The summed E-state index contributed by atoms with van der Waals surface area (Å²) in [5.41, 5.74) is -0.762. The monoisotopic (exact) mass is 278 g/mol. The van der Waals surface area contributed by atoms with Crippen molar-refractivity contribution in [1.29, 1.82) is 0 Å². The summed E-state index contributed by atoms with van der Waals surface area (Å²) < 4.78 is 10.3. The summed E-state index contributed by atoms with van der Waals surface area (Å²) in [5.74, 6) is 0.635. The van der Waals surface area contributed by atoms with Crippen LogP contribution in [0.4, 0.5) is 0 Å². The molecular formula is C14H18N2O4. The van der Waals surface area contributed by atoms with Gasteiger partial charge in [-0.2, -0.15) is 0 Å². The summed E-state index contributed by atoms with van der Waals surface area (Å²) in [6, 6.07) is 4.99. The molecule has 0 bridgehead atoms. The van der Waals surface area contributed by atoms with Gasteiger partial charge in [0.1, 0.15) is 0 Å². The molecular weight excluding hydrogens is 260 g/mol. The van der Waals surface area contributed by atoms with E-state index in [-0.39, 0.29) is 18.1 Å². The van der Waals surface area contributed by atoms with E-state index in [0.717, 1.165) is 0 Å². The molecule has 0 spiro atoms. The molecule has 0 unspecified atom stereocenters. The van der Waals surface area contributed by atoms with Crippen LogP contribution in [0.1, 0.15) is 31.3 Å². The standard InChI is InChI=1S/C14H18N2O4/c1-4-16(9-14(2,3)18)13(17)10-8-12(20-15-10)11-6-5-7-19-11/h5-8,18H,4,9H2,1-3H3. The first-order valence-electron chi connectivity index (χ1n) is 6.43. The van der Waals surface area contributed by atoms with Crippen LogP contribution in [-0.4, -0.2) is 39.8 Å². The average Bonchev–Trinajstić information content (AvgIpc) is 3.03. The summed E-state index contributed by atoms with van der Waals surface area (Å²) in [4.78, 5) is 13.8. The lowest BCUT2D eigenvalue weighted by molar-refractivity contribution is 0.0309. The van der Waals surface area contributed by atoms with Crippen LogP contribution in [0.15, 0.2) is 33.4 Å². The Morgan fingerprint density at radius 3 is 2.75 bits per heavy atom. The Morgan fingerprint density at radius 2 is 2.20 bits per heavy atom. The lowest BCUT2D eigenvalue weighted by Gasteiger charge is -2.27. The van der Waals surface area contributed by atoms with E-state index in [2.05, 4.69) is 5.16 Å². The number of carbonyl (C=O) groups is 1. The van der Waals surface area contributed by atoms with Crippen molar-refractivity contribution in [2.45, 2.75) is 26.4 Å². The van der Waals surface area contributed by atoms with Gasteiger partial charge in [0.25, 0.3) is 5.91 Å². The number of carbonyl (C=O) groups excluding carboxylic acids is 1. The molecule has 6 nitrogen and oxygen atoms in total. The maximum absolute atomic E-state index is 12.3. The Kier molecular flexibility index (Phi) is 3.94. The highest BCUT2D eigenvalue weighted by Gasteiger charge is 2.25. The second-order valence-electron chi connectivity index (χ2n) is 5.19.